The molecule has 1 aliphatic rings. The van der Waals surface area contributed by atoms with Gasteiger partial charge < -0.3 is 10.6 Å². The molecule has 0 spiro atoms. The van der Waals surface area contributed by atoms with Gasteiger partial charge in [0.1, 0.15) is 5.69 Å². The Hall–Kier alpha value is -1.58. The molecule has 0 aromatic carbocycles. The van der Waals surface area contributed by atoms with Crippen molar-refractivity contribution < 1.29 is 4.79 Å². The van der Waals surface area contributed by atoms with Gasteiger partial charge in [-0.05, 0) is 37.3 Å². The Morgan fingerprint density at radius 1 is 1.35 bits per heavy atom. The summed E-state index contributed by atoms with van der Waals surface area (Å²) in [5, 5.41) is 6.25. The quantitative estimate of drug-likeness (QED) is 0.867. The maximum atomic E-state index is 12.2. The zero-order chi connectivity index (χ0) is 14.4. The first-order valence-electron chi connectivity index (χ1n) is 7.61. The topological polar surface area (TPSA) is 54.0 Å². The first kappa shape index (κ1) is 14.8. The average Bonchev–Trinajstić information content (AvgIpc) is 2.46. The first-order chi connectivity index (χ1) is 9.63. The van der Waals surface area contributed by atoms with Crippen LogP contribution in [0.4, 0.5) is 5.69 Å². The summed E-state index contributed by atoms with van der Waals surface area (Å²) >= 11 is 0. The summed E-state index contributed by atoms with van der Waals surface area (Å²) in [5.41, 5.74) is 1.69. The number of carbonyl (C=O) groups is 1. The predicted molar refractivity (Wildman–Crippen MR) is 81.9 cm³/mol. The van der Waals surface area contributed by atoms with E-state index in [1.165, 1.54) is 32.1 Å². The van der Waals surface area contributed by atoms with Crippen LogP contribution in [0.15, 0.2) is 18.3 Å². The van der Waals surface area contributed by atoms with Gasteiger partial charge in [-0.15, -0.1) is 0 Å². The Bertz CT molecular complexity index is 453. The molecule has 1 aromatic heterocycles. The first-order valence-corrected chi connectivity index (χ1v) is 7.61. The van der Waals surface area contributed by atoms with Gasteiger partial charge in [0.25, 0.3) is 5.91 Å². The molecule has 0 aliphatic heterocycles. The number of aromatic nitrogens is 1. The van der Waals surface area contributed by atoms with E-state index in [9.17, 15) is 4.79 Å². The van der Waals surface area contributed by atoms with Gasteiger partial charge in [-0.1, -0.05) is 26.2 Å². The molecule has 0 bridgehead atoms. The van der Waals surface area contributed by atoms with Gasteiger partial charge in [0.05, 0.1) is 0 Å². The molecule has 1 amide bonds. The molecule has 0 saturated heterocycles. The van der Waals surface area contributed by atoms with E-state index >= 15 is 0 Å². The van der Waals surface area contributed by atoms with E-state index in [4.69, 9.17) is 0 Å². The zero-order valence-electron chi connectivity index (χ0n) is 12.5. The second-order valence-corrected chi connectivity index (χ2v) is 6.01. The Labute approximate surface area is 121 Å². The van der Waals surface area contributed by atoms with Crippen molar-refractivity contribution >= 4 is 11.6 Å². The average molecular weight is 275 g/mol. The van der Waals surface area contributed by atoms with Crippen LogP contribution in [0.3, 0.4) is 0 Å². The van der Waals surface area contributed by atoms with Crippen LogP contribution in [0.2, 0.25) is 0 Å². The van der Waals surface area contributed by atoms with Gasteiger partial charge in [-0.25, -0.2) is 0 Å². The Morgan fingerprint density at radius 2 is 2.10 bits per heavy atom. The number of rotatable bonds is 5. The van der Waals surface area contributed by atoms with Crippen molar-refractivity contribution in [3.63, 3.8) is 0 Å². The monoisotopic (exact) mass is 275 g/mol. The number of carbonyl (C=O) groups excluding carboxylic acids is 1. The minimum atomic E-state index is -0.0726. The van der Waals surface area contributed by atoms with Crippen molar-refractivity contribution in [1.29, 1.82) is 0 Å². The largest absolute Gasteiger partial charge is 0.385 e. The molecule has 1 fully saturated rings. The highest BCUT2D eigenvalue weighted by Gasteiger charge is 2.27. The van der Waals surface area contributed by atoms with Crippen molar-refractivity contribution in [2.24, 2.45) is 5.41 Å². The molecule has 1 heterocycles. The zero-order valence-corrected chi connectivity index (χ0v) is 12.5. The molecule has 20 heavy (non-hydrogen) atoms. The highest BCUT2D eigenvalue weighted by molar-refractivity contribution is 5.93. The summed E-state index contributed by atoms with van der Waals surface area (Å²) in [5.74, 6) is -0.0726. The molecule has 1 aliphatic carbocycles. The fourth-order valence-corrected chi connectivity index (χ4v) is 2.84. The van der Waals surface area contributed by atoms with Crippen LogP contribution in [0.1, 0.15) is 56.4 Å². The van der Waals surface area contributed by atoms with Crippen LogP contribution >= 0.6 is 0 Å². The minimum Gasteiger partial charge on any atom is -0.385 e. The van der Waals surface area contributed by atoms with E-state index in [0.29, 0.717) is 5.69 Å². The number of nitrogens with one attached hydrogen (secondary N) is 2. The van der Waals surface area contributed by atoms with Crippen LogP contribution in [-0.4, -0.2) is 24.0 Å². The third kappa shape index (κ3) is 3.95. The molecule has 4 nitrogen and oxygen atoms in total. The van der Waals surface area contributed by atoms with Crippen LogP contribution in [-0.2, 0) is 0 Å². The number of hydrogen-bond donors (Lipinski definition) is 2. The number of pyridine rings is 1. The lowest BCUT2D eigenvalue weighted by molar-refractivity contribution is 0.0914. The van der Waals surface area contributed by atoms with Gasteiger partial charge >= 0.3 is 0 Å². The molecule has 0 atom stereocenters. The molecule has 2 rings (SSSR count). The van der Waals surface area contributed by atoms with Crippen LogP contribution < -0.4 is 10.6 Å². The smallest absolute Gasteiger partial charge is 0.269 e. The minimum absolute atomic E-state index is 0.0726. The molecular weight excluding hydrogens is 250 g/mol. The van der Waals surface area contributed by atoms with Crippen molar-refractivity contribution in [3.8, 4) is 0 Å². The maximum absolute atomic E-state index is 12.2. The lowest BCUT2D eigenvalue weighted by atomic mass is 9.76. The van der Waals surface area contributed by atoms with Crippen LogP contribution in [0, 0.1) is 5.41 Å². The summed E-state index contributed by atoms with van der Waals surface area (Å²) in [4.78, 5) is 16.3. The van der Waals surface area contributed by atoms with Gasteiger partial charge in [0, 0.05) is 25.0 Å². The second-order valence-electron chi connectivity index (χ2n) is 6.01. The highest BCUT2D eigenvalue weighted by Crippen LogP contribution is 2.34. The van der Waals surface area contributed by atoms with Gasteiger partial charge in [-0.2, -0.15) is 0 Å². The van der Waals surface area contributed by atoms with Crippen molar-refractivity contribution in [1.82, 2.24) is 10.3 Å². The van der Waals surface area contributed by atoms with Crippen LogP contribution in [0.5, 0.6) is 0 Å². The molecule has 0 unspecified atom stereocenters. The number of anilines is 1. The fraction of sp³-hybridized carbons (Fsp3) is 0.625. The Morgan fingerprint density at radius 3 is 2.80 bits per heavy atom. The molecule has 4 heteroatoms. The number of nitrogens with zero attached hydrogens (tertiary/aromatic N) is 1. The van der Waals surface area contributed by atoms with E-state index in [2.05, 4.69) is 22.5 Å². The van der Waals surface area contributed by atoms with Gasteiger partial charge in [0.15, 0.2) is 0 Å². The van der Waals surface area contributed by atoms with Gasteiger partial charge in [-0.3, -0.25) is 9.78 Å². The van der Waals surface area contributed by atoms with Crippen molar-refractivity contribution in [2.45, 2.75) is 46.0 Å². The number of amides is 1. The number of hydrogen-bond acceptors (Lipinski definition) is 3. The summed E-state index contributed by atoms with van der Waals surface area (Å²) in [6, 6.07) is 3.69. The molecule has 1 aromatic rings. The predicted octanol–water partition coefficient (Wildman–Crippen LogP) is 3.21. The summed E-state index contributed by atoms with van der Waals surface area (Å²) in [7, 11) is 0. The third-order valence-corrected chi connectivity index (χ3v) is 4.11. The Balaban J connectivity index is 1.92. The normalized spacial score (nSPS) is 17.5. The third-order valence-electron chi connectivity index (χ3n) is 4.11. The fourth-order valence-electron chi connectivity index (χ4n) is 2.84. The SMILES string of the molecule is CCNc1ccnc(C(=O)NCC2(C)CCCCC2)c1. The standard InChI is InChI=1S/C16H25N3O/c1-3-17-13-7-10-18-14(11-13)15(20)19-12-16(2)8-5-4-6-9-16/h7,10-11H,3-6,8-9,12H2,1-2H3,(H,17,18)(H,19,20). The van der Waals surface area contributed by atoms with E-state index in [-0.39, 0.29) is 11.3 Å². The molecule has 2 N–H and O–H groups in total. The highest BCUT2D eigenvalue weighted by atomic mass is 16.1. The lowest BCUT2D eigenvalue weighted by Gasteiger charge is -2.33. The lowest BCUT2D eigenvalue weighted by Crippen LogP contribution is -2.37. The van der Waals surface area contributed by atoms with Crippen molar-refractivity contribution in [2.75, 3.05) is 18.4 Å². The van der Waals surface area contributed by atoms with Crippen LogP contribution in [0.25, 0.3) is 0 Å². The van der Waals surface area contributed by atoms with E-state index in [1.54, 1.807) is 6.20 Å². The molecule has 1 saturated carbocycles. The van der Waals surface area contributed by atoms with E-state index in [0.717, 1.165) is 18.8 Å². The molecular formula is C16H25N3O. The molecule has 0 radical (unpaired) electrons. The van der Waals surface area contributed by atoms with Crippen molar-refractivity contribution in [3.05, 3.63) is 24.0 Å². The van der Waals surface area contributed by atoms with Gasteiger partial charge in [0.2, 0.25) is 0 Å². The van der Waals surface area contributed by atoms with E-state index < -0.39 is 0 Å². The Kier molecular flexibility index (Phi) is 4.99. The van der Waals surface area contributed by atoms with E-state index in [1.807, 2.05) is 19.1 Å². The molecule has 110 valence electrons. The maximum Gasteiger partial charge on any atom is 0.269 e. The summed E-state index contributed by atoms with van der Waals surface area (Å²) in [6.07, 6.45) is 7.97. The summed E-state index contributed by atoms with van der Waals surface area (Å²) < 4.78 is 0. The summed E-state index contributed by atoms with van der Waals surface area (Å²) in [6.45, 7) is 5.89. The second kappa shape index (κ2) is 6.73.